The Hall–Kier alpha value is -3.01. The van der Waals surface area contributed by atoms with E-state index in [-0.39, 0.29) is 5.91 Å². The quantitative estimate of drug-likeness (QED) is 0.420. The zero-order valence-electron chi connectivity index (χ0n) is 19.2. The first kappa shape index (κ1) is 22.7. The Morgan fingerprint density at radius 3 is 2.39 bits per heavy atom. The highest BCUT2D eigenvalue weighted by Crippen LogP contribution is 2.36. The van der Waals surface area contributed by atoms with Crippen LogP contribution in [0.1, 0.15) is 59.1 Å². The Morgan fingerprint density at radius 2 is 1.77 bits per heavy atom. The maximum Gasteiger partial charge on any atom is 0.251 e. The van der Waals surface area contributed by atoms with Crippen molar-refractivity contribution in [2.24, 2.45) is 5.73 Å². The summed E-state index contributed by atoms with van der Waals surface area (Å²) in [6.45, 7) is 7.09. The number of rotatable bonds is 10. The lowest BCUT2D eigenvalue weighted by Gasteiger charge is -2.14. The Labute approximate surface area is 186 Å². The lowest BCUT2D eigenvalue weighted by atomic mass is 9.96. The summed E-state index contributed by atoms with van der Waals surface area (Å²) in [5, 5.41) is 0. The van der Waals surface area contributed by atoms with Gasteiger partial charge >= 0.3 is 0 Å². The highest BCUT2D eigenvalue weighted by Gasteiger charge is 2.24. The Kier molecular flexibility index (Phi) is 7.56. The van der Waals surface area contributed by atoms with Crippen molar-refractivity contribution < 1.29 is 9.53 Å². The molecule has 2 N–H and O–H groups in total. The lowest BCUT2D eigenvalue weighted by Crippen LogP contribution is -2.14. The Bertz CT molecular complexity index is 1040. The van der Waals surface area contributed by atoms with Gasteiger partial charge < -0.3 is 15.0 Å². The first-order chi connectivity index (χ1) is 15.0. The molecule has 0 saturated carbocycles. The standard InChI is InChI=1S/C27H34N2O2/c1-5-6-8-13-23-26(22-14-15-24(31-4)19(2)18-22)25(27(28)30)20(3)29(23)17-16-21-11-9-7-10-12-21/h7,9-12,14-15,18H,5-6,8,13,16-17H2,1-4H3,(H2,28,30). The maximum absolute atomic E-state index is 12.6. The number of aryl methyl sites for hydroxylation is 2. The second kappa shape index (κ2) is 10.3. The van der Waals surface area contributed by atoms with Gasteiger partial charge in [-0.25, -0.2) is 0 Å². The maximum atomic E-state index is 12.6. The van der Waals surface area contributed by atoms with Gasteiger partial charge in [0.25, 0.3) is 5.91 Å². The van der Waals surface area contributed by atoms with Crippen molar-refractivity contribution in [3.05, 3.63) is 76.6 Å². The summed E-state index contributed by atoms with van der Waals surface area (Å²) in [6.07, 6.45) is 5.25. The molecule has 0 saturated heterocycles. The van der Waals surface area contributed by atoms with E-state index in [1.165, 1.54) is 11.3 Å². The van der Waals surface area contributed by atoms with Crippen molar-refractivity contribution in [1.82, 2.24) is 4.57 Å². The smallest absolute Gasteiger partial charge is 0.251 e. The largest absolute Gasteiger partial charge is 0.496 e. The molecular formula is C27H34N2O2. The molecule has 164 valence electrons. The lowest BCUT2D eigenvalue weighted by molar-refractivity contribution is 0.1000. The number of nitrogens with zero attached hydrogens (tertiary/aromatic N) is 1. The molecular weight excluding hydrogens is 384 g/mol. The molecule has 1 amide bonds. The average molecular weight is 419 g/mol. The zero-order chi connectivity index (χ0) is 22.4. The van der Waals surface area contributed by atoms with Gasteiger partial charge in [-0.3, -0.25) is 4.79 Å². The van der Waals surface area contributed by atoms with Crippen LogP contribution < -0.4 is 10.5 Å². The van der Waals surface area contributed by atoms with Crippen LogP contribution in [-0.4, -0.2) is 17.6 Å². The van der Waals surface area contributed by atoms with Gasteiger partial charge in [0.1, 0.15) is 5.75 Å². The molecule has 0 aliphatic carbocycles. The van der Waals surface area contributed by atoms with E-state index in [4.69, 9.17) is 10.5 Å². The fourth-order valence-electron chi connectivity index (χ4n) is 4.43. The van der Waals surface area contributed by atoms with Crippen LogP contribution in [0.2, 0.25) is 0 Å². The number of ether oxygens (including phenoxy) is 1. The summed E-state index contributed by atoms with van der Waals surface area (Å²) in [4.78, 5) is 12.6. The van der Waals surface area contributed by atoms with Crippen LogP contribution in [0.3, 0.4) is 0 Å². The van der Waals surface area contributed by atoms with Crippen molar-refractivity contribution in [2.75, 3.05) is 7.11 Å². The molecule has 0 unspecified atom stereocenters. The van der Waals surface area contributed by atoms with Gasteiger partial charge in [-0.05, 0) is 61.9 Å². The van der Waals surface area contributed by atoms with Gasteiger partial charge in [-0.15, -0.1) is 0 Å². The molecule has 3 aromatic rings. The third kappa shape index (κ3) is 5.01. The number of hydrogen-bond donors (Lipinski definition) is 1. The number of methoxy groups -OCH3 is 1. The Morgan fingerprint density at radius 1 is 1.03 bits per heavy atom. The minimum atomic E-state index is -0.365. The van der Waals surface area contributed by atoms with Crippen molar-refractivity contribution in [3.8, 4) is 16.9 Å². The van der Waals surface area contributed by atoms with Crippen molar-refractivity contribution in [2.45, 2.75) is 59.4 Å². The van der Waals surface area contributed by atoms with Crippen LogP contribution in [-0.2, 0) is 19.4 Å². The summed E-state index contributed by atoms with van der Waals surface area (Å²) >= 11 is 0. The van der Waals surface area contributed by atoms with E-state index in [9.17, 15) is 4.79 Å². The van der Waals surface area contributed by atoms with Crippen LogP contribution in [0.4, 0.5) is 0 Å². The molecule has 0 fully saturated rings. The summed E-state index contributed by atoms with van der Waals surface area (Å²) in [5.41, 5.74) is 13.1. The minimum absolute atomic E-state index is 0.365. The van der Waals surface area contributed by atoms with Crippen LogP contribution in [0, 0.1) is 13.8 Å². The normalized spacial score (nSPS) is 11.0. The van der Waals surface area contributed by atoms with Crippen LogP contribution in [0.5, 0.6) is 5.75 Å². The molecule has 1 heterocycles. The number of nitrogens with two attached hydrogens (primary N) is 1. The number of amides is 1. The molecule has 31 heavy (non-hydrogen) atoms. The molecule has 0 radical (unpaired) electrons. The van der Waals surface area contributed by atoms with E-state index in [0.717, 1.165) is 66.8 Å². The summed E-state index contributed by atoms with van der Waals surface area (Å²) < 4.78 is 7.76. The second-order valence-corrected chi connectivity index (χ2v) is 8.18. The molecule has 0 bridgehead atoms. The van der Waals surface area contributed by atoms with Crippen molar-refractivity contribution in [3.63, 3.8) is 0 Å². The molecule has 1 aromatic heterocycles. The second-order valence-electron chi connectivity index (χ2n) is 8.18. The highest BCUT2D eigenvalue weighted by molar-refractivity contribution is 6.02. The van der Waals surface area contributed by atoms with Crippen LogP contribution in [0.15, 0.2) is 48.5 Å². The highest BCUT2D eigenvalue weighted by atomic mass is 16.5. The third-order valence-corrected chi connectivity index (χ3v) is 6.05. The summed E-state index contributed by atoms with van der Waals surface area (Å²) in [6, 6.07) is 16.6. The molecule has 0 spiro atoms. The molecule has 0 atom stereocenters. The number of benzene rings is 2. The molecule has 4 heteroatoms. The minimum Gasteiger partial charge on any atom is -0.496 e. The topological polar surface area (TPSA) is 57.2 Å². The van der Waals surface area contributed by atoms with Crippen molar-refractivity contribution >= 4 is 5.91 Å². The van der Waals surface area contributed by atoms with Crippen LogP contribution >= 0.6 is 0 Å². The van der Waals surface area contributed by atoms with E-state index in [1.807, 2.05) is 32.0 Å². The number of carbonyl (C=O) groups is 1. The molecule has 0 aliphatic heterocycles. The van der Waals surface area contributed by atoms with E-state index in [2.05, 4.69) is 41.8 Å². The molecule has 2 aromatic carbocycles. The SMILES string of the molecule is CCCCCc1c(-c2ccc(OC)c(C)c2)c(C(N)=O)c(C)n1CCc1ccccc1. The fraction of sp³-hybridized carbons (Fsp3) is 0.370. The van der Waals surface area contributed by atoms with Gasteiger partial charge in [0.15, 0.2) is 0 Å². The molecule has 0 aliphatic rings. The van der Waals surface area contributed by atoms with Gasteiger partial charge in [0.2, 0.25) is 0 Å². The number of unbranched alkanes of at least 4 members (excludes halogenated alkanes) is 2. The third-order valence-electron chi connectivity index (χ3n) is 6.05. The summed E-state index contributed by atoms with van der Waals surface area (Å²) in [7, 11) is 1.68. The monoisotopic (exact) mass is 418 g/mol. The van der Waals surface area contributed by atoms with Gasteiger partial charge in [0, 0.05) is 23.5 Å². The first-order valence-electron chi connectivity index (χ1n) is 11.2. The first-order valence-corrected chi connectivity index (χ1v) is 11.2. The number of carbonyl (C=O) groups excluding carboxylic acids is 1. The van der Waals surface area contributed by atoms with E-state index in [1.54, 1.807) is 7.11 Å². The number of hydrogen-bond acceptors (Lipinski definition) is 2. The number of primary amides is 1. The molecule has 3 rings (SSSR count). The predicted molar refractivity (Wildman–Crippen MR) is 128 cm³/mol. The van der Waals surface area contributed by atoms with E-state index in [0.29, 0.717) is 5.56 Å². The van der Waals surface area contributed by atoms with E-state index < -0.39 is 0 Å². The van der Waals surface area contributed by atoms with Crippen molar-refractivity contribution in [1.29, 1.82) is 0 Å². The van der Waals surface area contributed by atoms with Crippen LogP contribution in [0.25, 0.3) is 11.1 Å². The Balaban J connectivity index is 2.12. The fourth-order valence-corrected chi connectivity index (χ4v) is 4.43. The average Bonchev–Trinajstić information content (AvgIpc) is 3.04. The van der Waals surface area contributed by atoms with Gasteiger partial charge in [0.05, 0.1) is 12.7 Å². The summed E-state index contributed by atoms with van der Waals surface area (Å²) in [5.74, 6) is 0.480. The molecule has 4 nitrogen and oxygen atoms in total. The number of aromatic nitrogens is 1. The zero-order valence-corrected chi connectivity index (χ0v) is 19.2. The van der Waals surface area contributed by atoms with Gasteiger partial charge in [-0.2, -0.15) is 0 Å². The predicted octanol–water partition coefficient (Wildman–Crippen LogP) is 5.85. The van der Waals surface area contributed by atoms with E-state index >= 15 is 0 Å². The van der Waals surface area contributed by atoms with Gasteiger partial charge in [-0.1, -0.05) is 56.2 Å².